The van der Waals surface area contributed by atoms with Gasteiger partial charge in [0.1, 0.15) is 0 Å². The molecule has 4 aliphatic rings. The smallest absolute Gasteiger partial charge is 0.251 e. The molecule has 0 amide bonds. The summed E-state index contributed by atoms with van der Waals surface area (Å²) in [5.74, 6) is 0. The quantitative estimate of drug-likeness (QED) is 0.0546. The highest BCUT2D eigenvalue weighted by molar-refractivity contribution is 6.95. The minimum absolute atomic E-state index is 0.00763. The van der Waals surface area contributed by atoms with Crippen LogP contribution in [0.2, 0.25) is 0 Å². The third kappa shape index (κ3) is 11.5. The molecule has 0 radical (unpaired) electrons. The highest BCUT2D eigenvalue weighted by Crippen LogP contribution is 2.47. The maximum Gasteiger partial charge on any atom is 0.251 e. The molecular weight excluding hydrogens is 1130 g/mol. The minimum atomic E-state index is -0.235. The third-order valence-electron chi connectivity index (χ3n) is 19.7. The van der Waals surface area contributed by atoms with Gasteiger partial charge in [-0.1, -0.05) is 215 Å². The van der Waals surface area contributed by atoms with Crippen molar-refractivity contribution < 1.29 is 0 Å². The lowest BCUT2D eigenvalue weighted by Crippen LogP contribution is -2.58. The Morgan fingerprint density at radius 1 is 0.602 bits per heavy atom. The van der Waals surface area contributed by atoms with E-state index in [1.165, 1.54) is 82.3 Å². The zero-order chi connectivity index (χ0) is 66.2. The van der Waals surface area contributed by atoms with Gasteiger partial charge in [0, 0.05) is 91.5 Å². The number of para-hydroxylation sites is 1. The number of fused-ring (bicyclic) bond motifs is 9. The SMILES string of the molecule is C=CC1=C(C)N(C(=C)/C=C\CC)c2cc(N3C=C(/C=C\C=C\n4c5ccc(C(C)(C)C)cc5c5cc(C(C)(C)C)ccc54)N(c4ccccc4)C4C=CC=C(N(C/C=C\CC)C(=C)/C=C\CC)C43)cc3c2B1c1cc(C(C)(C)C)cc2c4cc(C(C)(C)C)ccc4n-3c12. The van der Waals surface area contributed by atoms with Crippen LogP contribution < -0.4 is 25.6 Å². The predicted molar refractivity (Wildman–Crippen MR) is 407 cm³/mol. The van der Waals surface area contributed by atoms with Crippen LogP contribution in [0, 0.1) is 0 Å². The fourth-order valence-corrected chi connectivity index (χ4v) is 14.6. The maximum atomic E-state index is 4.90. The number of rotatable bonds is 16. The Morgan fingerprint density at radius 3 is 1.76 bits per heavy atom. The summed E-state index contributed by atoms with van der Waals surface area (Å²) in [6.07, 6.45) is 36.8. The molecule has 2 aromatic heterocycles. The summed E-state index contributed by atoms with van der Waals surface area (Å²) >= 11 is 0. The van der Waals surface area contributed by atoms with Crippen LogP contribution in [-0.2, 0) is 21.7 Å². The summed E-state index contributed by atoms with van der Waals surface area (Å²) in [6.45, 7) is 51.7. The van der Waals surface area contributed by atoms with Gasteiger partial charge in [-0.25, -0.2) is 0 Å². The standard InChI is InChI=1S/C86H97BN6/c1-20-24-31-47-88(57(5)34-25-21-2)76-39-33-40-77-82(76)90(56-65(92(77)64-36-28-27-29-37-64)38-30-32-48-89-73-44-41-60(83(8,9)10)49-67(73)68-50-61(84(11,12)13)42-45-74(68)89)66-54-78-80-79(55-66)93-75-46-43-62(85(14,15)16)51-69(75)70-52-63(86(17,18)19)53-72(81(70)93)87(80)71(23-4)59(7)91(78)58(6)35-26-22-3/h23-46,48-56,77,82H,4-6,20-22,47H2,1-3,7-19H3/b31-24-,34-25-,35-26-,38-30-,48-32+. The van der Waals surface area contributed by atoms with E-state index in [-0.39, 0.29) is 40.5 Å². The molecule has 3 aliphatic heterocycles. The lowest BCUT2D eigenvalue weighted by Gasteiger charge is -2.51. The highest BCUT2D eigenvalue weighted by atomic mass is 15.3. The molecule has 2 unspecified atom stereocenters. The van der Waals surface area contributed by atoms with E-state index >= 15 is 0 Å². The molecule has 0 saturated heterocycles. The van der Waals surface area contributed by atoms with Crippen molar-refractivity contribution in [2.24, 2.45) is 0 Å². The topological polar surface area (TPSA) is 22.8 Å². The van der Waals surface area contributed by atoms with Gasteiger partial charge >= 0.3 is 0 Å². The van der Waals surface area contributed by atoms with Crippen molar-refractivity contribution >= 4 is 84.5 Å². The Balaban J connectivity index is 1.15. The van der Waals surface area contributed by atoms with Crippen molar-refractivity contribution in [3.63, 3.8) is 0 Å². The Kier molecular flexibility index (Phi) is 16.9. The van der Waals surface area contributed by atoms with E-state index < -0.39 is 0 Å². The van der Waals surface area contributed by atoms with Crippen LogP contribution in [0.5, 0.6) is 0 Å². The first-order valence-corrected chi connectivity index (χ1v) is 34.0. The molecule has 8 aromatic rings. The fraction of sp³-hybridized carbons (Fsp3) is 0.302. The van der Waals surface area contributed by atoms with E-state index in [0.717, 1.165) is 70.5 Å². The molecule has 7 heteroatoms. The summed E-state index contributed by atoms with van der Waals surface area (Å²) in [5.41, 5.74) is 23.4. The van der Waals surface area contributed by atoms with Crippen LogP contribution in [0.3, 0.4) is 0 Å². The fourth-order valence-electron chi connectivity index (χ4n) is 14.6. The van der Waals surface area contributed by atoms with Gasteiger partial charge in [-0.3, -0.25) is 0 Å². The molecule has 1 aliphatic carbocycles. The molecule has 474 valence electrons. The number of hydrogen-bond donors (Lipinski definition) is 0. The predicted octanol–water partition coefficient (Wildman–Crippen LogP) is 21.1. The zero-order valence-electron chi connectivity index (χ0n) is 58.4. The van der Waals surface area contributed by atoms with Crippen LogP contribution >= 0.6 is 0 Å². The first kappa shape index (κ1) is 64.2. The van der Waals surface area contributed by atoms with Gasteiger partial charge in [-0.15, -0.1) is 0 Å². The van der Waals surface area contributed by atoms with E-state index in [1.54, 1.807) is 0 Å². The van der Waals surface area contributed by atoms with Crippen molar-refractivity contribution in [1.82, 2.24) is 14.0 Å². The van der Waals surface area contributed by atoms with Crippen molar-refractivity contribution in [2.75, 3.05) is 21.2 Å². The number of aromatic nitrogens is 2. The van der Waals surface area contributed by atoms with Gasteiger partial charge in [-0.2, -0.15) is 0 Å². The third-order valence-corrected chi connectivity index (χ3v) is 19.7. The zero-order valence-corrected chi connectivity index (χ0v) is 58.4. The second kappa shape index (κ2) is 24.5. The van der Waals surface area contributed by atoms with Crippen molar-refractivity contribution in [1.29, 1.82) is 0 Å². The number of benzene rings is 6. The van der Waals surface area contributed by atoms with Crippen LogP contribution in [0.15, 0.2) is 248 Å². The van der Waals surface area contributed by atoms with Crippen LogP contribution in [0.25, 0.3) is 55.5 Å². The van der Waals surface area contributed by atoms with Gasteiger partial charge in [-0.05, 0) is 184 Å². The van der Waals surface area contributed by atoms with Gasteiger partial charge in [0.05, 0.1) is 34.3 Å². The van der Waals surface area contributed by atoms with Crippen LogP contribution in [0.4, 0.5) is 17.1 Å². The van der Waals surface area contributed by atoms with Gasteiger partial charge < -0.3 is 28.7 Å². The molecule has 0 N–H and O–H groups in total. The molecule has 0 bridgehead atoms. The average molecular weight is 1230 g/mol. The van der Waals surface area contributed by atoms with Crippen molar-refractivity contribution in [3.05, 3.63) is 270 Å². The molecule has 12 rings (SSSR count). The monoisotopic (exact) mass is 1220 g/mol. The molecule has 0 saturated carbocycles. The molecule has 5 heterocycles. The molecule has 0 spiro atoms. The molecule has 6 aromatic carbocycles. The summed E-state index contributed by atoms with van der Waals surface area (Å²) in [4.78, 5) is 10.0. The van der Waals surface area contributed by atoms with E-state index in [1.807, 2.05) is 0 Å². The Hall–Kier alpha value is -8.94. The van der Waals surface area contributed by atoms with E-state index in [0.29, 0.717) is 6.54 Å². The van der Waals surface area contributed by atoms with Crippen LogP contribution in [-0.4, -0.2) is 39.4 Å². The molecule has 6 nitrogen and oxygen atoms in total. The Labute approximate surface area is 556 Å². The number of hydrogen-bond acceptors (Lipinski definition) is 4. The van der Waals surface area contributed by atoms with E-state index in [4.69, 9.17) is 13.2 Å². The lowest BCUT2D eigenvalue weighted by molar-refractivity contribution is 0.416. The summed E-state index contributed by atoms with van der Waals surface area (Å²) < 4.78 is 5.00. The number of allylic oxidation sites excluding steroid dienone is 13. The largest absolute Gasteiger partial charge is 0.340 e. The summed E-state index contributed by atoms with van der Waals surface area (Å²) in [5, 5.41) is 5.11. The Morgan fingerprint density at radius 2 is 1.17 bits per heavy atom. The molecule has 2 atom stereocenters. The van der Waals surface area contributed by atoms with Gasteiger partial charge in [0.2, 0.25) is 0 Å². The summed E-state index contributed by atoms with van der Waals surface area (Å²) in [7, 11) is 0. The second-order valence-corrected chi connectivity index (χ2v) is 30.1. The lowest BCUT2D eigenvalue weighted by atomic mass is 9.33. The normalized spacial score (nSPS) is 17.1. The molecule has 0 fully saturated rings. The second-order valence-electron chi connectivity index (χ2n) is 30.1. The molecule has 93 heavy (non-hydrogen) atoms. The Bertz CT molecular complexity index is 4550. The van der Waals surface area contributed by atoms with Crippen molar-refractivity contribution in [2.45, 2.75) is 164 Å². The first-order valence-electron chi connectivity index (χ1n) is 34.0. The van der Waals surface area contributed by atoms with Gasteiger partial charge in [0.25, 0.3) is 6.71 Å². The van der Waals surface area contributed by atoms with Gasteiger partial charge in [0.15, 0.2) is 0 Å². The highest BCUT2D eigenvalue weighted by Gasteiger charge is 2.46. The molecular formula is C86H97BN6. The van der Waals surface area contributed by atoms with Crippen LogP contribution in [0.1, 0.15) is 152 Å². The maximum absolute atomic E-state index is 4.90. The first-order chi connectivity index (χ1) is 44.3. The number of anilines is 3. The minimum Gasteiger partial charge on any atom is -0.340 e. The summed E-state index contributed by atoms with van der Waals surface area (Å²) in [6, 6.07) is 41.9. The number of nitrogens with zero attached hydrogens (tertiary/aromatic N) is 6. The van der Waals surface area contributed by atoms with Crippen molar-refractivity contribution in [3.8, 4) is 5.69 Å². The van der Waals surface area contributed by atoms with E-state index in [9.17, 15) is 0 Å². The van der Waals surface area contributed by atoms with E-state index in [2.05, 4.69) is 347 Å². The average Bonchev–Trinajstić information content (AvgIpc) is 1.64.